The van der Waals surface area contributed by atoms with Crippen molar-refractivity contribution in [3.63, 3.8) is 0 Å². The van der Waals surface area contributed by atoms with Crippen molar-refractivity contribution >= 4 is 28.3 Å². The lowest BCUT2D eigenvalue weighted by molar-refractivity contribution is -0.0979. The molecule has 0 bridgehead atoms. The van der Waals surface area contributed by atoms with Crippen LogP contribution in [0.1, 0.15) is 32.3 Å². The lowest BCUT2D eigenvalue weighted by Crippen LogP contribution is -2.39. The molecule has 31 heavy (non-hydrogen) atoms. The third-order valence-corrected chi connectivity index (χ3v) is 5.72. The zero-order valence-corrected chi connectivity index (χ0v) is 19.2. The largest absolute Gasteiger partial charge is 0.431 e. The molecule has 0 atom stereocenters. The number of piperidine rings is 1. The number of ether oxygens (including phenoxy) is 1. The number of fused-ring (bicyclic) bond motifs is 1. The van der Waals surface area contributed by atoms with Crippen LogP contribution in [0.4, 0.5) is 0 Å². The average molecular weight is 444 g/mol. The van der Waals surface area contributed by atoms with Crippen LogP contribution in [0.5, 0.6) is 10.9 Å². The average Bonchev–Trinajstić information content (AvgIpc) is 3.21. The summed E-state index contributed by atoms with van der Waals surface area (Å²) in [5.41, 5.74) is 8.25. The monoisotopic (exact) mass is 443 g/mol. The van der Waals surface area contributed by atoms with E-state index in [0.717, 1.165) is 48.4 Å². The van der Waals surface area contributed by atoms with E-state index in [0.29, 0.717) is 23.8 Å². The van der Waals surface area contributed by atoms with E-state index in [1.54, 1.807) is 11.3 Å². The van der Waals surface area contributed by atoms with Gasteiger partial charge in [0.2, 0.25) is 0 Å². The van der Waals surface area contributed by atoms with Gasteiger partial charge in [-0.15, -0.1) is 0 Å². The molecule has 2 aromatic carbocycles. The number of para-hydroxylation sites is 1. The zero-order chi connectivity index (χ0) is 22.6. The Kier molecular flexibility index (Phi) is 10.6. The van der Waals surface area contributed by atoms with E-state index in [1.165, 1.54) is 5.56 Å². The minimum atomic E-state index is 0.306. The molecule has 2 heterocycles. The summed E-state index contributed by atoms with van der Waals surface area (Å²) in [6.07, 6.45) is 2.19. The highest BCUT2D eigenvalue weighted by Gasteiger charge is 2.16. The van der Waals surface area contributed by atoms with Crippen molar-refractivity contribution in [3.8, 4) is 10.9 Å². The van der Waals surface area contributed by atoms with E-state index in [4.69, 9.17) is 20.4 Å². The van der Waals surface area contributed by atoms with E-state index >= 15 is 0 Å². The molecule has 1 aliphatic heterocycles. The van der Waals surface area contributed by atoms with Crippen LogP contribution in [0, 0.1) is 5.92 Å². The lowest BCUT2D eigenvalue weighted by atomic mass is 10.1. The zero-order valence-electron chi connectivity index (χ0n) is 18.4. The fraction of sp³-hybridized carbons (Fsp3) is 0.417. The molecule has 6 nitrogen and oxygen atoms in total. The van der Waals surface area contributed by atoms with Gasteiger partial charge in [-0.25, -0.2) is 4.98 Å². The van der Waals surface area contributed by atoms with Gasteiger partial charge < -0.3 is 20.4 Å². The summed E-state index contributed by atoms with van der Waals surface area (Å²) in [5.74, 6) is 1.27. The van der Waals surface area contributed by atoms with E-state index in [2.05, 4.69) is 28.1 Å². The summed E-state index contributed by atoms with van der Waals surface area (Å²) >= 11 is 1.57. The number of carbonyl (C=O) groups is 1. The number of hydrogen-bond acceptors (Lipinski definition) is 7. The number of likely N-dealkylation sites (tertiary alicyclic amines) is 1. The van der Waals surface area contributed by atoms with Gasteiger partial charge in [-0.2, -0.15) is 0 Å². The molecule has 168 valence electrons. The first-order chi connectivity index (χ1) is 15.0. The number of nitrogens with two attached hydrogens (primary N) is 1. The third kappa shape index (κ3) is 8.38. The van der Waals surface area contributed by atoms with Crippen LogP contribution in [-0.4, -0.2) is 47.5 Å². The molecule has 3 N–H and O–H groups in total. The van der Waals surface area contributed by atoms with Crippen molar-refractivity contribution in [3.05, 3.63) is 54.1 Å². The Morgan fingerprint density at radius 3 is 2.35 bits per heavy atom. The van der Waals surface area contributed by atoms with Crippen LogP contribution < -0.4 is 10.5 Å². The minimum absolute atomic E-state index is 0.306. The molecule has 0 aliphatic carbocycles. The van der Waals surface area contributed by atoms with Gasteiger partial charge in [-0.05, 0) is 61.7 Å². The van der Waals surface area contributed by atoms with Gasteiger partial charge in [0.05, 0.1) is 10.2 Å². The predicted molar refractivity (Wildman–Crippen MR) is 128 cm³/mol. The Hall–Kier alpha value is -2.32. The van der Waals surface area contributed by atoms with E-state index in [9.17, 15) is 0 Å². The Morgan fingerprint density at radius 1 is 1.16 bits per heavy atom. The first kappa shape index (κ1) is 24.9. The van der Waals surface area contributed by atoms with E-state index in [1.807, 2.05) is 51.0 Å². The molecule has 0 unspecified atom stereocenters. The van der Waals surface area contributed by atoms with Gasteiger partial charge in [-0.3, -0.25) is 4.90 Å². The molecule has 3 aromatic rings. The van der Waals surface area contributed by atoms with Crippen LogP contribution >= 0.6 is 11.3 Å². The summed E-state index contributed by atoms with van der Waals surface area (Å²) in [5, 5.41) is 8.83. The minimum Gasteiger partial charge on any atom is -0.431 e. The first-order valence-electron chi connectivity index (χ1n) is 10.5. The molecular weight excluding hydrogens is 410 g/mol. The molecule has 1 aromatic heterocycles. The van der Waals surface area contributed by atoms with Gasteiger partial charge >= 0.3 is 0 Å². The van der Waals surface area contributed by atoms with Crippen molar-refractivity contribution in [2.24, 2.45) is 11.7 Å². The summed E-state index contributed by atoms with van der Waals surface area (Å²) in [7, 11) is 0. The molecule has 4 rings (SSSR count). The fourth-order valence-corrected chi connectivity index (χ4v) is 3.86. The Bertz CT molecular complexity index is 857. The smallest absolute Gasteiger partial charge is 0.279 e. The van der Waals surface area contributed by atoms with Crippen molar-refractivity contribution in [1.29, 1.82) is 0 Å². The number of nitrogens with zero attached hydrogens (tertiary/aromatic N) is 2. The number of aromatic nitrogens is 1. The highest BCUT2D eigenvalue weighted by Crippen LogP contribution is 2.31. The number of rotatable bonds is 5. The van der Waals surface area contributed by atoms with Crippen molar-refractivity contribution < 1.29 is 14.6 Å². The van der Waals surface area contributed by atoms with Crippen molar-refractivity contribution in [2.75, 3.05) is 19.7 Å². The van der Waals surface area contributed by atoms with Crippen LogP contribution in [-0.2, 0) is 11.3 Å². The number of thiazole rings is 1. The molecule has 0 saturated carbocycles. The van der Waals surface area contributed by atoms with Crippen LogP contribution in [0.15, 0.2) is 48.5 Å². The second-order valence-corrected chi connectivity index (χ2v) is 8.88. The normalized spacial score (nSPS) is 14.5. The van der Waals surface area contributed by atoms with Gasteiger partial charge in [0, 0.05) is 19.2 Å². The molecular formula is C24H33N3O3S. The molecule has 0 radical (unpaired) electrons. The Labute approximate surface area is 188 Å². The van der Waals surface area contributed by atoms with E-state index < -0.39 is 0 Å². The second-order valence-electron chi connectivity index (χ2n) is 7.88. The summed E-state index contributed by atoms with van der Waals surface area (Å²) in [4.78, 5) is 15.0. The fourth-order valence-electron chi connectivity index (χ4n) is 3.03. The summed E-state index contributed by atoms with van der Waals surface area (Å²) < 4.78 is 7.05. The SMILES string of the molecule is C=O.CC(C)CO.NC1CCN(Cc2ccc(Oc3nc4ccccc4s3)cc2)CC1. The van der Waals surface area contributed by atoms with Gasteiger partial charge in [0.25, 0.3) is 5.19 Å². The van der Waals surface area contributed by atoms with Gasteiger partial charge in [0.1, 0.15) is 12.5 Å². The molecule has 1 aliphatic rings. The maximum Gasteiger partial charge on any atom is 0.279 e. The third-order valence-electron chi connectivity index (χ3n) is 4.81. The Morgan fingerprint density at radius 2 is 1.77 bits per heavy atom. The van der Waals surface area contributed by atoms with Crippen molar-refractivity contribution in [2.45, 2.75) is 39.3 Å². The lowest BCUT2D eigenvalue weighted by Gasteiger charge is -2.30. The standard InChI is InChI=1S/C19H21N3OS.C4H10O.CH2O/c20-15-9-11-22(12-10-15)13-14-5-7-16(8-6-14)23-19-21-17-3-1-2-4-18(17)24-19;1-4(2)3-5;1-2/h1-8,15H,9-13,20H2;4-5H,3H2,1-2H3;1H2. The Balaban J connectivity index is 0.000000432. The number of benzene rings is 2. The number of hydrogen-bond donors (Lipinski definition) is 2. The number of carbonyl (C=O) groups excluding carboxylic acids is 1. The van der Waals surface area contributed by atoms with Gasteiger partial charge in [0.15, 0.2) is 0 Å². The van der Waals surface area contributed by atoms with Gasteiger partial charge in [-0.1, -0.05) is 49.4 Å². The topological polar surface area (TPSA) is 88.7 Å². The predicted octanol–water partition coefficient (Wildman–Crippen LogP) is 4.46. The molecule has 0 spiro atoms. The summed E-state index contributed by atoms with van der Waals surface area (Å²) in [6, 6.07) is 16.8. The van der Waals surface area contributed by atoms with Crippen LogP contribution in [0.2, 0.25) is 0 Å². The maximum absolute atomic E-state index is 8.14. The highest BCUT2D eigenvalue weighted by atomic mass is 32.1. The van der Waals surface area contributed by atoms with Crippen LogP contribution in [0.3, 0.4) is 0 Å². The van der Waals surface area contributed by atoms with Crippen molar-refractivity contribution in [1.82, 2.24) is 9.88 Å². The second kappa shape index (κ2) is 13.2. The number of aliphatic hydroxyl groups is 1. The maximum atomic E-state index is 8.14. The molecule has 1 fully saturated rings. The number of aliphatic hydroxyl groups excluding tert-OH is 1. The molecule has 0 amide bonds. The first-order valence-corrected chi connectivity index (χ1v) is 11.3. The quantitative estimate of drug-likeness (QED) is 0.605. The van der Waals surface area contributed by atoms with Crippen LogP contribution in [0.25, 0.3) is 10.2 Å². The van der Waals surface area contributed by atoms with E-state index in [-0.39, 0.29) is 0 Å². The highest BCUT2D eigenvalue weighted by molar-refractivity contribution is 7.20. The summed E-state index contributed by atoms with van der Waals surface area (Å²) in [6.45, 7) is 9.41. The molecule has 7 heteroatoms. The molecule has 1 saturated heterocycles.